The molecule has 4 nitrogen and oxygen atoms in total. The van der Waals surface area contributed by atoms with E-state index in [4.69, 9.17) is 0 Å². The molecule has 2 aromatic carbocycles. The third-order valence-corrected chi connectivity index (χ3v) is 4.41. The summed E-state index contributed by atoms with van der Waals surface area (Å²) in [6, 6.07) is 16.0. The van der Waals surface area contributed by atoms with Gasteiger partial charge in [0.15, 0.2) is 5.65 Å². The molecular weight excluding hydrogens is 383 g/mol. The maximum Gasteiger partial charge on any atom is 0.229 e. The number of anilines is 2. The summed E-state index contributed by atoms with van der Waals surface area (Å²) >= 11 is 3.56. The number of hydrogen-bond donors (Lipinski definition) is 1. The molecule has 0 atom stereocenters. The van der Waals surface area contributed by atoms with Gasteiger partial charge in [-0.2, -0.15) is 4.98 Å². The third-order valence-electron chi connectivity index (χ3n) is 3.72. The van der Waals surface area contributed by atoms with Crippen LogP contribution in [0.15, 0.2) is 71.5 Å². The standard InChI is InChI=1S/C19H12BrFN4/c20-17-4-2-1-3-16(17)12-9-13-11-23-19(25-18(13)22-10-12)24-15-7-5-14(21)6-8-15/h1-11H,(H,22,23,24,25). The average molecular weight is 395 g/mol. The Hall–Kier alpha value is -2.86. The predicted molar refractivity (Wildman–Crippen MR) is 100 cm³/mol. The van der Waals surface area contributed by atoms with Crippen molar-refractivity contribution < 1.29 is 4.39 Å². The van der Waals surface area contributed by atoms with E-state index in [1.807, 2.05) is 30.3 Å². The maximum absolute atomic E-state index is 13.0. The van der Waals surface area contributed by atoms with Gasteiger partial charge >= 0.3 is 0 Å². The Bertz CT molecular complexity index is 1050. The minimum absolute atomic E-state index is 0.286. The van der Waals surface area contributed by atoms with Crippen LogP contribution in [0, 0.1) is 5.82 Å². The van der Waals surface area contributed by atoms with Crippen LogP contribution in [-0.4, -0.2) is 15.0 Å². The molecule has 0 saturated heterocycles. The van der Waals surface area contributed by atoms with Gasteiger partial charge in [0.25, 0.3) is 0 Å². The number of nitrogens with one attached hydrogen (secondary N) is 1. The molecule has 2 heterocycles. The second-order valence-corrected chi connectivity index (χ2v) is 6.30. The van der Waals surface area contributed by atoms with Gasteiger partial charge in [-0.25, -0.2) is 14.4 Å². The SMILES string of the molecule is Fc1ccc(Nc2ncc3cc(-c4ccccc4Br)cnc3n2)cc1. The highest BCUT2D eigenvalue weighted by Crippen LogP contribution is 2.29. The molecule has 1 N–H and O–H groups in total. The first-order chi connectivity index (χ1) is 12.2. The molecular formula is C19H12BrFN4. The number of halogens is 2. The van der Waals surface area contributed by atoms with Crippen LogP contribution in [0.25, 0.3) is 22.2 Å². The minimum Gasteiger partial charge on any atom is -0.324 e. The molecule has 0 spiro atoms. The number of rotatable bonds is 3. The van der Waals surface area contributed by atoms with E-state index in [-0.39, 0.29) is 5.82 Å². The van der Waals surface area contributed by atoms with Crippen LogP contribution in [0.2, 0.25) is 0 Å². The molecule has 0 unspecified atom stereocenters. The summed E-state index contributed by atoms with van der Waals surface area (Å²) in [5.41, 5.74) is 3.36. The van der Waals surface area contributed by atoms with E-state index in [9.17, 15) is 4.39 Å². The lowest BCUT2D eigenvalue weighted by Gasteiger charge is -2.07. The Morgan fingerprint density at radius 2 is 1.72 bits per heavy atom. The van der Waals surface area contributed by atoms with E-state index < -0.39 is 0 Å². The highest BCUT2D eigenvalue weighted by Gasteiger charge is 2.07. The van der Waals surface area contributed by atoms with Gasteiger partial charge in [0.1, 0.15) is 5.82 Å². The van der Waals surface area contributed by atoms with E-state index in [2.05, 4.69) is 36.2 Å². The van der Waals surface area contributed by atoms with Crippen LogP contribution >= 0.6 is 15.9 Å². The van der Waals surface area contributed by atoms with Gasteiger partial charge in [0.05, 0.1) is 0 Å². The van der Waals surface area contributed by atoms with Crippen LogP contribution in [0.3, 0.4) is 0 Å². The quantitative estimate of drug-likeness (QED) is 0.509. The average Bonchev–Trinajstić information content (AvgIpc) is 2.64. The van der Waals surface area contributed by atoms with Gasteiger partial charge in [-0.15, -0.1) is 0 Å². The summed E-state index contributed by atoms with van der Waals surface area (Å²) in [5.74, 6) is 0.131. The van der Waals surface area contributed by atoms with Crippen LogP contribution < -0.4 is 5.32 Å². The smallest absolute Gasteiger partial charge is 0.229 e. The van der Waals surface area contributed by atoms with Gasteiger partial charge in [0, 0.05) is 33.5 Å². The second kappa shape index (κ2) is 6.57. The minimum atomic E-state index is -0.286. The Labute approximate surface area is 151 Å². The van der Waals surface area contributed by atoms with Gasteiger partial charge in [0.2, 0.25) is 5.95 Å². The second-order valence-electron chi connectivity index (χ2n) is 5.44. The molecule has 0 saturated carbocycles. The molecule has 6 heteroatoms. The van der Waals surface area contributed by atoms with Gasteiger partial charge < -0.3 is 5.32 Å². The maximum atomic E-state index is 13.0. The highest BCUT2D eigenvalue weighted by atomic mass is 79.9. The Balaban J connectivity index is 1.67. The number of hydrogen-bond acceptors (Lipinski definition) is 4. The van der Waals surface area contributed by atoms with Crippen LogP contribution in [-0.2, 0) is 0 Å². The van der Waals surface area contributed by atoms with Gasteiger partial charge in [-0.05, 0) is 42.0 Å². The lowest BCUT2D eigenvalue weighted by atomic mass is 10.1. The fourth-order valence-electron chi connectivity index (χ4n) is 2.49. The van der Waals surface area contributed by atoms with Gasteiger partial charge in [-0.3, -0.25) is 0 Å². The molecule has 2 aromatic heterocycles. The van der Waals surface area contributed by atoms with E-state index >= 15 is 0 Å². The topological polar surface area (TPSA) is 50.7 Å². The predicted octanol–water partition coefficient (Wildman–Crippen LogP) is 5.34. The van der Waals surface area contributed by atoms with Crippen molar-refractivity contribution in [2.45, 2.75) is 0 Å². The Kier molecular flexibility index (Phi) is 4.11. The molecule has 0 bridgehead atoms. The molecule has 0 aliphatic carbocycles. The van der Waals surface area contributed by atoms with Crippen LogP contribution in [0.1, 0.15) is 0 Å². The largest absolute Gasteiger partial charge is 0.324 e. The Morgan fingerprint density at radius 1 is 0.920 bits per heavy atom. The number of benzene rings is 2. The Morgan fingerprint density at radius 3 is 2.52 bits per heavy atom. The summed E-state index contributed by atoms with van der Waals surface area (Å²) < 4.78 is 14.0. The van der Waals surface area contributed by atoms with Crippen molar-refractivity contribution in [3.63, 3.8) is 0 Å². The third kappa shape index (κ3) is 3.34. The zero-order chi connectivity index (χ0) is 17.2. The van der Waals surface area contributed by atoms with Crippen molar-refractivity contribution >= 4 is 38.6 Å². The first-order valence-electron chi connectivity index (χ1n) is 7.59. The van der Waals surface area contributed by atoms with E-state index in [0.29, 0.717) is 17.3 Å². The highest BCUT2D eigenvalue weighted by molar-refractivity contribution is 9.10. The van der Waals surface area contributed by atoms with Crippen molar-refractivity contribution in [1.29, 1.82) is 0 Å². The number of fused-ring (bicyclic) bond motifs is 1. The fraction of sp³-hybridized carbons (Fsp3) is 0. The lowest BCUT2D eigenvalue weighted by molar-refractivity contribution is 0.628. The van der Waals surface area contributed by atoms with Crippen molar-refractivity contribution in [2.24, 2.45) is 0 Å². The number of aromatic nitrogens is 3. The van der Waals surface area contributed by atoms with E-state index in [1.165, 1.54) is 12.1 Å². The molecule has 0 fully saturated rings. The monoisotopic (exact) mass is 394 g/mol. The molecule has 25 heavy (non-hydrogen) atoms. The fourth-order valence-corrected chi connectivity index (χ4v) is 3.00. The van der Waals surface area contributed by atoms with Gasteiger partial charge in [-0.1, -0.05) is 34.1 Å². The summed E-state index contributed by atoms with van der Waals surface area (Å²) in [5, 5.41) is 3.89. The first kappa shape index (κ1) is 15.7. The molecule has 0 radical (unpaired) electrons. The molecule has 0 aliphatic rings. The van der Waals surface area contributed by atoms with Crippen molar-refractivity contribution in [1.82, 2.24) is 15.0 Å². The normalized spacial score (nSPS) is 10.8. The lowest BCUT2D eigenvalue weighted by Crippen LogP contribution is -1.98. The van der Waals surface area contributed by atoms with Crippen molar-refractivity contribution in [3.05, 3.63) is 77.3 Å². The van der Waals surface area contributed by atoms with Crippen LogP contribution in [0.4, 0.5) is 16.0 Å². The molecule has 4 rings (SSSR count). The van der Waals surface area contributed by atoms with E-state index in [1.54, 1.807) is 24.5 Å². The summed E-state index contributed by atoms with van der Waals surface area (Å²) in [7, 11) is 0. The molecule has 122 valence electrons. The van der Waals surface area contributed by atoms with Crippen molar-refractivity contribution in [2.75, 3.05) is 5.32 Å². The van der Waals surface area contributed by atoms with E-state index in [0.717, 1.165) is 21.0 Å². The number of nitrogens with zero attached hydrogens (tertiary/aromatic N) is 3. The zero-order valence-corrected chi connectivity index (χ0v) is 14.5. The molecule has 0 aliphatic heterocycles. The first-order valence-corrected chi connectivity index (χ1v) is 8.39. The number of pyridine rings is 1. The molecule has 0 amide bonds. The summed E-state index contributed by atoms with van der Waals surface area (Å²) in [6.07, 6.45) is 3.51. The molecule has 4 aromatic rings. The zero-order valence-electron chi connectivity index (χ0n) is 12.9. The van der Waals surface area contributed by atoms with Crippen molar-refractivity contribution in [3.8, 4) is 11.1 Å². The summed E-state index contributed by atoms with van der Waals surface area (Å²) in [6.45, 7) is 0. The summed E-state index contributed by atoms with van der Waals surface area (Å²) in [4.78, 5) is 13.2. The van der Waals surface area contributed by atoms with Crippen LogP contribution in [0.5, 0.6) is 0 Å².